The van der Waals surface area contributed by atoms with Crippen molar-refractivity contribution in [1.82, 2.24) is 0 Å². The molecule has 0 amide bonds. The van der Waals surface area contributed by atoms with E-state index in [2.05, 4.69) is 6.58 Å². The van der Waals surface area contributed by atoms with Gasteiger partial charge in [0.05, 0.1) is 17.7 Å². The van der Waals surface area contributed by atoms with Crippen LogP contribution in [0.1, 0.15) is 27.1 Å². The average molecular weight is 396 g/mol. The third kappa shape index (κ3) is 5.10. The lowest BCUT2D eigenvalue weighted by molar-refractivity contribution is -0.249. The van der Waals surface area contributed by atoms with Crippen LogP contribution in [0.2, 0.25) is 0 Å². The van der Waals surface area contributed by atoms with E-state index in [1.807, 2.05) is 12.1 Å². The smallest absolute Gasteiger partial charge is 0.338 e. The lowest BCUT2D eigenvalue weighted by atomic mass is 9.92. The number of ether oxygens (including phenoxy) is 4. The molecular weight excluding hydrogens is 372 g/mol. The van der Waals surface area contributed by atoms with E-state index >= 15 is 0 Å². The molecule has 2 aromatic rings. The lowest BCUT2D eigenvalue weighted by Crippen LogP contribution is -2.54. The minimum atomic E-state index is -0.918. The van der Waals surface area contributed by atoms with E-state index in [1.165, 1.54) is 7.11 Å². The van der Waals surface area contributed by atoms with E-state index in [4.69, 9.17) is 18.9 Å². The summed E-state index contributed by atoms with van der Waals surface area (Å²) in [6.45, 7) is 4.05. The zero-order chi connectivity index (χ0) is 20.6. The highest BCUT2D eigenvalue weighted by molar-refractivity contribution is 5.90. The lowest BCUT2D eigenvalue weighted by Gasteiger charge is -2.40. The third-order valence-corrected chi connectivity index (χ3v) is 4.74. The molecule has 1 fully saturated rings. The molecule has 1 saturated heterocycles. The highest BCUT2D eigenvalue weighted by Crippen LogP contribution is 2.30. The van der Waals surface area contributed by atoms with Crippen LogP contribution in [0.3, 0.4) is 0 Å². The van der Waals surface area contributed by atoms with E-state index < -0.39 is 30.4 Å². The number of carbonyl (C=O) groups excluding carboxylic acids is 2. The quantitative estimate of drug-likeness (QED) is 0.526. The molecule has 0 aromatic heterocycles. The van der Waals surface area contributed by atoms with Gasteiger partial charge in [0.25, 0.3) is 0 Å². The Balaban J connectivity index is 1.85. The molecular formula is C23H24O6. The van der Waals surface area contributed by atoms with Gasteiger partial charge in [-0.1, -0.05) is 42.5 Å². The van der Waals surface area contributed by atoms with Gasteiger partial charge >= 0.3 is 11.9 Å². The largest absolute Gasteiger partial charge is 0.454 e. The van der Waals surface area contributed by atoms with Crippen molar-refractivity contribution >= 4 is 11.9 Å². The topological polar surface area (TPSA) is 71.1 Å². The Bertz CT molecular complexity index is 820. The fourth-order valence-corrected chi connectivity index (χ4v) is 3.27. The Morgan fingerprint density at radius 1 is 0.966 bits per heavy atom. The summed E-state index contributed by atoms with van der Waals surface area (Å²) < 4.78 is 22.6. The Morgan fingerprint density at radius 2 is 1.48 bits per heavy atom. The van der Waals surface area contributed by atoms with Crippen molar-refractivity contribution in [3.63, 3.8) is 0 Å². The minimum Gasteiger partial charge on any atom is -0.454 e. The summed E-state index contributed by atoms with van der Waals surface area (Å²) in [5, 5.41) is 0. The van der Waals surface area contributed by atoms with E-state index in [0.717, 1.165) is 0 Å². The second-order valence-corrected chi connectivity index (χ2v) is 6.69. The summed E-state index contributed by atoms with van der Waals surface area (Å²) in [7, 11) is 1.46. The SMILES string of the molecule is C=CC[C@@H]1CO[C@H](OC)[C@H](OC(=O)c2ccccc2)[C@H]1OC(=O)c1ccccc1. The maximum absolute atomic E-state index is 12.7. The molecule has 4 atom stereocenters. The van der Waals surface area contributed by atoms with Gasteiger partial charge in [-0.05, 0) is 30.7 Å². The molecule has 0 radical (unpaired) electrons. The van der Waals surface area contributed by atoms with Gasteiger partial charge in [-0.25, -0.2) is 9.59 Å². The summed E-state index contributed by atoms with van der Waals surface area (Å²) in [5.41, 5.74) is 0.805. The van der Waals surface area contributed by atoms with Crippen LogP contribution in [0.15, 0.2) is 73.3 Å². The van der Waals surface area contributed by atoms with Crippen LogP contribution in [0.25, 0.3) is 0 Å². The molecule has 1 aliphatic heterocycles. The fraction of sp³-hybridized carbons (Fsp3) is 0.304. The molecule has 1 heterocycles. The second-order valence-electron chi connectivity index (χ2n) is 6.69. The first kappa shape index (κ1) is 20.8. The first-order valence-electron chi connectivity index (χ1n) is 9.41. The van der Waals surface area contributed by atoms with Gasteiger partial charge in [-0.15, -0.1) is 6.58 Å². The summed E-state index contributed by atoms with van der Waals surface area (Å²) in [6, 6.07) is 17.3. The van der Waals surface area contributed by atoms with Gasteiger partial charge in [0.15, 0.2) is 12.4 Å². The number of hydrogen-bond donors (Lipinski definition) is 0. The molecule has 6 heteroatoms. The van der Waals surface area contributed by atoms with Crippen LogP contribution in [0.4, 0.5) is 0 Å². The average Bonchev–Trinajstić information content (AvgIpc) is 2.77. The molecule has 0 spiro atoms. The predicted molar refractivity (Wildman–Crippen MR) is 106 cm³/mol. The van der Waals surface area contributed by atoms with E-state index in [1.54, 1.807) is 54.6 Å². The van der Waals surface area contributed by atoms with Crippen molar-refractivity contribution in [2.45, 2.75) is 24.9 Å². The number of esters is 2. The first-order valence-corrected chi connectivity index (χ1v) is 9.41. The van der Waals surface area contributed by atoms with Crippen molar-refractivity contribution in [1.29, 1.82) is 0 Å². The third-order valence-electron chi connectivity index (χ3n) is 4.74. The predicted octanol–water partition coefficient (Wildman–Crippen LogP) is 3.63. The Morgan fingerprint density at radius 3 is 1.97 bits per heavy atom. The normalized spacial score (nSPS) is 23.8. The molecule has 0 aliphatic carbocycles. The summed E-state index contributed by atoms with van der Waals surface area (Å²) in [4.78, 5) is 25.3. The molecule has 0 unspecified atom stereocenters. The molecule has 2 aromatic carbocycles. The minimum absolute atomic E-state index is 0.222. The Kier molecular flexibility index (Phi) is 7.16. The molecule has 3 rings (SSSR count). The molecule has 0 saturated carbocycles. The van der Waals surface area contributed by atoms with Crippen LogP contribution in [0, 0.1) is 5.92 Å². The number of methoxy groups -OCH3 is 1. The number of rotatable bonds is 7. The first-order chi connectivity index (χ1) is 14.1. The number of hydrogen-bond acceptors (Lipinski definition) is 6. The summed E-state index contributed by atoms with van der Waals surface area (Å²) >= 11 is 0. The van der Waals surface area contributed by atoms with Gasteiger partial charge in [0.2, 0.25) is 0 Å². The van der Waals surface area contributed by atoms with Gasteiger partial charge in [-0.2, -0.15) is 0 Å². The highest BCUT2D eigenvalue weighted by atomic mass is 16.7. The van der Waals surface area contributed by atoms with Crippen molar-refractivity contribution in [3.8, 4) is 0 Å². The number of allylic oxidation sites excluding steroid dienone is 1. The maximum Gasteiger partial charge on any atom is 0.338 e. The summed E-state index contributed by atoms with van der Waals surface area (Å²) in [6.07, 6.45) is -0.258. The molecule has 29 heavy (non-hydrogen) atoms. The van der Waals surface area contributed by atoms with E-state index in [9.17, 15) is 9.59 Å². The van der Waals surface area contributed by atoms with Crippen molar-refractivity contribution < 1.29 is 28.5 Å². The Hall–Kier alpha value is -2.96. The molecule has 0 N–H and O–H groups in total. The Labute approximate surface area is 170 Å². The standard InChI is InChI=1S/C23H24O6/c1-3-10-18-15-27-23(26-2)20(29-22(25)17-13-8-5-9-14-17)19(18)28-21(24)16-11-6-4-7-12-16/h3-9,11-14,18-20,23H,1,10,15H2,2H3/t18-,19+,20-,23+/m1/s1. The van der Waals surface area contributed by atoms with Crippen LogP contribution in [-0.4, -0.2) is 44.2 Å². The van der Waals surface area contributed by atoms with Gasteiger partial charge in [0, 0.05) is 13.0 Å². The van der Waals surface area contributed by atoms with Crippen molar-refractivity contribution in [3.05, 3.63) is 84.4 Å². The summed E-state index contributed by atoms with van der Waals surface area (Å²) in [5.74, 6) is -1.26. The monoisotopic (exact) mass is 396 g/mol. The van der Waals surface area contributed by atoms with Crippen LogP contribution >= 0.6 is 0 Å². The maximum atomic E-state index is 12.7. The molecule has 152 valence electrons. The van der Waals surface area contributed by atoms with E-state index in [0.29, 0.717) is 17.5 Å². The second kappa shape index (κ2) is 10.0. The van der Waals surface area contributed by atoms with Gasteiger partial charge in [0.1, 0.15) is 6.10 Å². The van der Waals surface area contributed by atoms with E-state index in [-0.39, 0.29) is 12.5 Å². The zero-order valence-corrected chi connectivity index (χ0v) is 16.2. The van der Waals surface area contributed by atoms with Crippen molar-refractivity contribution in [2.75, 3.05) is 13.7 Å². The molecule has 1 aliphatic rings. The van der Waals surface area contributed by atoms with Gasteiger partial charge < -0.3 is 18.9 Å². The number of benzene rings is 2. The van der Waals surface area contributed by atoms with Crippen molar-refractivity contribution in [2.24, 2.45) is 5.92 Å². The molecule has 6 nitrogen and oxygen atoms in total. The van der Waals surface area contributed by atoms with Crippen LogP contribution in [-0.2, 0) is 18.9 Å². The number of carbonyl (C=O) groups is 2. The molecule has 0 bridgehead atoms. The zero-order valence-electron chi connectivity index (χ0n) is 16.2. The highest BCUT2D eigenvalue weighted by Gasteiger charge is 2.45. The van der Waals surface area contributed by atoms with Gasteiger partial charge in [-0.3, -0.25) is 0 Å². The fourth-order valence-electron chi connectivity index (χ4n) is 3.27. The van der Waals surface area contributed by atoms with Crippen LogP contribution in [0.5, 0.6) is 0 Å². The van der Waals surface area contributed by atoms with Crippen LogP contribution < -0.4 is 0 Å².